The highest BCUT2D eigenvalue weighted by Crippen LogP contribution is 2.34. The van der Waals surface area contributed by atoms with Gasteiger partial charge in [0.05, 0.1) is 4.92 Å². The number of nitro groups is 1. The number of nitrogens with two attached hydrogens (primary N) is 1. The molecule has 0 saturated carbocycles. The molecule has 1 aliphatic heterocycles. The first-order chi connectivity index (χ1) is 11.5. The van der Waals surface area contributed by atoms with Crippen LogP contribution in [0.1, 0.15) is 19.3 Å². The Hall–Kier alpha value is -2.61. The molecule has 9 heteroatoms. The van der Waals surface area contributed by atoms with Crippen molar-refractivity contribution in [1.82, 2.24) is 9.97 Å². The first kappa shape index (κ1) is 16.3. The maximum absolute atomic E-state index is 11.4. The van der Waals surface area contributed by atoms with Gasteiger partial charge in [-0.05, 0) is 43.5 Å². The predicted molar refractivity (Wildman–Crippen MR) is 93.9 cm³/mol. The van der Waals surface area contributed by atoms with E-state index < -0.39 is 4.92 Å². The third kappa shape index (κ3) is 3.48. The zero-order chi connectivity index (χ0) is 17.1. The monoisotopic (exact) mass is 348 g/mol. The molecule has 1 aromatic heterocycles. The molecule has 1 aliphatic rings. The van der Waals surface area contributed by atoms with Crippen LogP contribution in [0.5, 0.6) is 0 Å². The van der Waals surface area contributed by atoms with E-state index in [1.165, 1.54) is 0 Å². The highest BCUT2D eigenvalue weighted by atomic mass is 35.5. The summed E-state index contributed by atoms with van der Waals surface area (Å²) in [5, 5.41) is 15.0. The lowest BCUT2D eigenvalue weighted by Crippen LogP contribution is -2.31. The Labute approximate surface area is 143 Å². The second kappa shape index (κ2) is 6.88. The number of aromatic nitrogens is 2. The Morgan fingerprint density at radius 1 is 1.17 bits per heavy atom. The number of nitrogens with one attached hydrogen (secondary N) is 1. The smallest absolute Gasteiger partial charge is 0.353 e. The topological polar surface area (TPSA) is 110 Å². The van der Waals surface area contributed by atoms with Crippen molar-refractivity contribution in [3.8, 4) is 0 Å². The third-order valence-corrected chi connectivity index (χ3v) is 4.08. The van der Waals surface area contributed by atoms with Crippen molar-refractivity contribution >= 4 is 40.6 Å². The van der Waals surface area contributed by atoms with E-state index in [0.29, 0.717) is 5.02 Å². The lowest BCUT2D eigenvalue weighted by atomic mass is 10.1. The van der Waals surface area contributed by atoms with Gasteiger partial charge in [-0.3, -0.25) is 10.1 Å². The van der Waals surface area contributed by atoms with Gasteiger partial charge in [-0.2, -0.15) is 9.97 Å². The quantitative estimate of drug-likeness (QED) is 0.643. The number of benzene rings is 1. The fourth-order valence-corrected chi connectivity index (χ4v) is 2.81. The number of nitrogens with zero attached hydrogens (tertiary/aromatic N) is 4. The van der Waals surface area contributed by atoms with E-state index in [1.807, 2.05) is 4.90 Å². The largest absolute Gasteiger partial charge is 0.378 e. The summed E-state index contributed by atoms with van der Waals surface area (Å²) >= 11 is 5.86. The minimum absolute atomic E-state index is 0.146. The van der Waals surface area contributed by atoms with E-state index in [4.69, 9.17) is 17.3 Å². The number of hydrogen-bond donors (Lipinski definition) is 2. The van der Waals surface area contributed by atoms with Crippen LogP contribution in [0.3, 0.4) is 0 Å². The Bertz CT molecular complexity index is 746. The summed E-state index contributed by atoms with van der Waals surface area (Å²) in [4.78, 5) is 21.1. The van der Waals surface area contributed by atoms with Gasteiger partial charge in [0.25, 0.3) is 0 Å². The zero-order valence-corrected chi connectivity index (χ0v) is 13.7. The Kier molecular flexibility index (Phi) is 4.66. The normalized spacial score (nSPS) is 14.5. The van der Waals surface area contributed by atoms with E-state index in [9.17, 15) is 10.1 Å². The van der Waals surface area contributed by atoms with Crippen molar-refractivity contribution in [3.63, 3.8) is 0 Å². The summed E-state index contributed by atoms with van der Waals surface area (Å²) in [6, 6.07) is 6.99. The first-order valence-electron chi connectivity index (χ1n) is 7.64. The molecule has 3 rings (SSSR count). The van der Waals surface area contributed by atoms with Crippen LogP contribution in [-0.4, -0.2) is 28.0 Å². The van der Waals surface area contributed by atoms with Gasteiger partial charge in [0.2, 0.25) is 17.6 Å². The van der Waals surface area contributed by atoms with Gasteiger partial charge in [-0.25, -0.2) is 0 Å². The van der Waals surface area contributed by atoms with Crippen molar-refractivity contribution in [2.24, 2.45) is 0 Å². The number of piperidine rings is 1. The summed E-state index contributed by atoms with van der Waals surface area (Å²) in [5.41, 5.74) is 6.31. The average Bonchev–Trinajstić information content (AvgIpc) is 2.57. The van der Waals surface area contributed by atoms with Gasteiger partial charge in [0.15, 0.2) is 0 Å². The first-order valence-corrected chi connectivity index (χ1v) is 8.02. The van der Waals surface area contributed by atoms with Crippen molar-refractivity contribution in [1.29, 1.82) is 0 Å². The van der Waals surface area contributed by atoms with Crippen molar-refractivity contribution in [3.05, 3.63) is 39.4 Å². The third-order valence-electron chi connectivity index (χ3n) is 3.83. The lowest BCUT2D eigenvalue weighted by Gasteiger charge is -2.27. The Morgan fingerprint density at radius 3 is 2.46 bits per heavy atom. The van der Waals surface area contributed by atoms with Gasteiger partial charge >= 0.3 is 5.69 Å². The SMILES string of the molecule is Nc1nc(Nc2ccc(Cl)cc2)nc(N2CCCCC2)c1[N+](=O)[O-]. The van der Waals surface area contributed by atoms with E-state index in [0.717, 1.165) is 38.0 Å². The van der Waals surface area contributed by atoms with Crippen LogP contribution in [0.4, 0.5) is 29.0 Å². The van der Waals surface area contributed by atoms with E-state index in [2.05, 4.69) is 15.3 Å². The minimum Gasteiger partial charge on any atom is -0.378 e. The molecule has 8 nitrogen and oxygen atoms in total. The second-order valence-corrected chi connectivity index (χ2v) is 5.98. The molecule has 1 fully saturated rings. The highest BCUT2D eigenvalue weighted by Gasteiger charge is 2.28. The van der Waals surface area contributed by atoms with Crippen LogP contribution < -0.4 is 16.0 Å². The van der Waals surface area contributed by atoms with E-state index >= 15 is 0 Å². The van der Waals surface area contributed by atoms with Gasteiger partial charge in [0.1, 0.15) is 0 Å². The summed E-state index contributed by atoms with van der Waals surface area (Å²) in [5.74, 6) is 0.344. The molecule has 0 aliphatic carbocycles. The molecule has 0 bridgehead atoms. The molecular formula is C15H17ClN6O2. The van der Waals surface area contributed by atoms with Gasteiger partial charge < -0.3 is 16.0 Å². The molecule has 0 amide bonds. The Morgan fingerprint density at radius 2 is 1.83 bits per heavy atom. The fourth-order valence-electron chi connectivity index (χ4n) is 2.68. The molecular weight excluding hydrogens is 332 g/mol. The van der Waals surface area contributed by atoms with Crippen LogP contribution in [0.15, 0.2) is 24.3 Å². The van der Waals surface area contributed by atoms with E-state index in [1.54, 1.807) is 24.3 Å². The molecule has 0 radical (unpaired) electrons. The zero-order valence-electron chi connectivity index (χ0n) is 12.9. The summed E-state index contributed by atoms with van der Waals surface area (Å²) in [6.45, 7) is 1.44. The summed E-state index contributed by atoms with van der Waals surface area (Å²) in [7, 11) is 0. The molecule has 126 valence electrons. The van der Waals surface area contributed by atoms with Gasteiger partial charge in [-0.15, -0.1) is 0 Å². The average molecular weight is 349 g/mol. The minimum atomic E-state index is -0.522. The predicted octanol–water partition coefficient (Wildman–Crippen LogP) is 3.35. The van der Waals surface area contributed by atoms with Crippen molar-refractivity contribution in [2.75, 3.05) is 29.0 Å². The van der Waals surface area contributed by atoms with Crippen LogP contribution in [-0.2, 0) is 0 Å². The van der Waals surface area contributed by atoms with E-state index in [-0.39, 0.29) is 23.3 Å². The van der Waals surface area contributed by atoms with Crippen LogP contribution in [0, 0.1) is 10.1 Å². The maximum Gasteiger partial charge on any atom is 0.353 e. The molecule has 0 unspecified atom stereocenters. The second-order valence-electron chi connectivity index (χ2n) is 5.54. The van der Waals surface area contributed by atoms with Crippen LogP contribution in [0.2, 0.25) is 5.02 Å². The summed E-state index contributed by atoms with van der Waals surface area (Å²) in [6.07, 6.45) is 3.06. The fraction of sp³-hybridized carbons (Fsp3) is 0.333. The number of hydrogen-bond acceptors (Lipinski definition) is 7. The van der Waals surface area contributed by atoms with Crippen molar-refractivity contribution < 1.29 is 4.92 Å². The number of nitrogen functional groups attached to an aromatic ring is 1. The van der Waals surface area contributed by atoms with Gasteiger partial charge in [-0.1, -0.05) is 11.6 Å². The highest BCUT2D eigenvalue weighted by molar-refractivity contribution is 6.30. The molecule has 3 N–H and O–H groups in total. The molecule has 1 saturated heterocycles. The van der Waals surface area contributed by atoms with Crippen LogP contribution >= 0.6 is 11.6 Å². The molecule has 0 spiro atoms. The number of halogens is 1. The van der Waals surface area contributed by atoms with Gasteiger partial charge in [0, 0.05) is 23.8 Å². The Balaban J connectivity index is 1.97. The maximum atomic E-state index is 11.4. The molecule has 24 heavy (non-hydrogen) atoms. The number of anilines is 4. The molecule has 2 aromatic rings. The van der Waals surface area contributed by atoms with Crippen molar-refractivity contribution in [2.45, 2.75) is 19.3 Å². The number of rotatable bonds is 4. The molecule has 1 aromatic carbocycles. The summed E-state index contributed by atoms with van der Waals surface area (Å²) < 4.78 is 0. The lowest BCUT2D eigenvalue weighted by molar-refractivity contribution is -0.383. The molecule has 2 heterocycles. The van der Waals surface area contributed by atoms with Crippen LogP contribution in [0.25, 0.3) is 0 Å². The molecule has 0 atom stereocenters. The standard InChI is InChI=1S/C15H17ClN6O2/c16-10-4-6-11(7-5-10)18-15-19-13(17)12(22(23)24)14(20-15)21-8-2-1-3-9-21/h4-7H,1-3,8-9H2,(H3,17,18,19,20).